The highest BCUT2D eigenvalue weighted by atomic mass is 32.2. The zero-order valence-electron chi connectivity index (χ0n) is 9.69. The zero-order chi connectivity index (χ0) is 11.2. The lowest BCUT2D eigenvalue weighted by atomic mass is 10.4. The average Bonchev–Trinajstić information content (AvgIpc) is 2.55. The third-order valence-electron chi connectivity index (χ3n) is 2.72. The molecule has 0 amide bonds. The molecule has 1 aromatic rings. The number of aryl methyl sites for hydroxylation is 1. The summed E-state index contributed by atoms with van der Waals surface area (Å²) in [5.74, 6) is 6.24. The topological polar surface area (TPSA) is 29.9 Å². The number of rotatable bonds is 4. The summed E-state index contributed by atoms with van der Waals surface area (Å²) in [5, 5.41) is 3.64. The zero-order valence-corrected chi connectivity index (χ0v) is 11.3. The monoisotopic (exact) mass is 257 g/mol. The van der Waals surface area contributed by atoms with E-state index in [0.29, 0.717) is 6.04 Å². The average molecular weight is 257 g/mol. The first-order valence-corrected chi connectivity index (χ1v) is 8.04. The number of thioether (sulfide) groups is 2. The molecule has 5 heteroatoms. The number of nitrogens with zero attached hydrogens (tertiary/aromatic N) is 2. The SMILES string of the molecule is Cc1nccn1CCNC1CSCCSC1. The first-order valence-electron chi connectivity index (χ1n) is 5.73. The van der Waals surface area contributed by atoms with Crippen LogP contribution >= 0.6 is 23.5 Å². The lowest BCUT2D eigenvalue weighted by molar-refractivity contribution is 0.544. The third kappa shape index (κ3) is 3.71. The summed E-state index contributed by atoms with van der Waals surface area (Å²) >= 11 is 4.14. The van der Waals surface area contributed by atoms with Gasteiger partial charge in [0.15, 0.2) is 0 Å². The quantitative estimate of drug-likeness (QED) is 0.888. The summed E-state index contributed by atoms with van der Waals surface area (Å²) in [5.41, 5.74) is 0. The van der Waals surface area contributed by atoms with Crippen LogP contribution in [0.15, 0.2) is 12.4 Å². The predicted molar refractivity (Wildman–Crippen MR) is 73.4 cm³/mol. The Morgan fingerprint density at radius 3 is 2.81 bits per heavy atom. The highest BCUT2D eigenvalue weighted by molar-refractivity contribution is 8.03. The van der Waals surface area contributed by atoms with Gasteiger partial charge in [-0.2, -0.15) is 23.5 Å². The van der Waals surface area contributed by atoms with Crippen molar-refractivity contribution in [3.8, 4) is 0 Å². The molecular weight excluding hydrogens is 238 g/mol. The smallest absolute Gasteiger partial charge is 0.105 e. The van der Waals surface area contributed by atoms with Crippen molar-refractivity contribution in [1.82, 2.24) is 14.9 Å². The molecule has 2 heterocycles. The van der Waals surface area contributed by atoms with Gasteiger partial charge >= 0.3 is 0 Å². The molecule has 0 saturated carbocycles. The summed E-state index contributed by atoms with van der Waals surface area (Å²) in [4.78, 5) is 4.22. The van der Waals surface area contributed by atoms with E-state index in [9.17, 15) is 0 Å². The Morgan fingerprint density at radius 1 is 1.44 bits per heavy atom. The summed E-state index contributed by atoms with van der Waals surface area (Å²) in [6.07, 6.45) is 3.92. The number of hydrogen-bond donors (Lipinski definition) is 1. The van der Waals surface area contributed by atoms with Crippen molar-refractivity contribution in [2.24, 2.45) is 0 Å². The van der Waals surface area contributed by atoms with Gasteiger partial charge in [0.1, 0.15) is 5.82 Å². The molecule has 1 aromatic heterocycles. The first-order chi connectivity index (χ1) is 7.86. The molecule has 0 radical (unpaired) electrons. The van der Waals surface area contributed by atoms with Gasteiger partial charge in [-0.1, -0.05) is 0 Å². The maximum Gasteiger partial charge on any atom is 0.105 e. The van der Waals surface area contributed by atoms with Crippen LogP contribution in [0.25, 0.3) is 0 Å². The molecule has 3 nitrogen and oxygen atoms in total. The van der Waals surface area contributed by atoms with Gasteiger partial charge < -0.3 is 9.88 Å². The van der Waals surface area contributed by atoms with E-state index in [2.05, 4.69) is 45.3 Å². The molecule has 0 atom stereocenters. The Balaban J connectivity index is 1.69. The van der Waals surface area contributed by atoms with E-state index in [4.69, 9.17) is 0 Å². The third-order valence-corrected chi connectivity index (χ3v) is 5.24. The molecule has 0 bridgehead atoms. The fraction of sp³-hybridized carbons (Fsp3) is 0.727. The number of aromatic nitrogens is 2. The van der Waals surface area contributed by atoms with Crippen molar-refractivity contribution in [3.05, 3.63) is 18.2 Å². The molecule has 0 aromatic carbocycles. The Labute approximate surface area is 106 Å². The standard InChI is InChI=1S/C11H19N3S2/c1-10-12-2-4-14(10)5-3-13-11-8-15-6-7-16-9-11/h2,4,11,13H,3,5-9H2,1H3. The van der Waals surface area contributed by atoms with Crippen LogP contribution < -0.4 is 5.32 Å². The van der Waals surface area contributed by atoms with Gasteiger partial charge in [-0.15, -0.1) is 0 Å². The van der Waals surface area contributed by atoms with E-state index < -0.39 is 0 Å². The van der Waals surface area contributed by atoms with Crippen LogP contribution in [0.1, 0.15) is 5.82 Å². The van der Waals surface area contributed by atoms with Gasteiger partial charge in [0.2, 0.25) is 0 Å². The molecule has 1 saturated heterocycles. The molecule has 1 N–H and O–H groups in total. The second kappa shape index (κ2) is 6.57. The largest absolute Gasteiger partial charge is 0.334 e. The highest BCUT2D eigenvalue weighted by Gasteiger charge is 2.11. The Morgan fingerprint density at radius 2 is 2.19 bits per heavy atom. The van der Waals surface area contributed by atoms with Gasteiger partial charge in [0.25, 0.3) is 0 Å². The molecule has 0 spiro atoms. The van der Waals surface area contributed by atoms with Crippen molar-refractivity contribution in [2.75, 3.05) is 29.6 Å². The number of nitrogens with one attached hydrogen (secondary N) is 1. The molecule has 16 heavy (non-hydrogen) atoms. The fourth-order valence-corrected chi connectivity index (χ4v) is 4.23. The molecule has 0 unspecified atom stereocenters. The predicted octanol–water partition coefficient (Wildman–Crippen LogP) is 1.63. The van der Waals surface area contributed by atoms with Crippen LogP contribution in [0.3, 0.4) is 0 Å². The van der Waals surface area contributed by atoms with E-state index in [-0.39, 0.29) is 0 Å². The minimum atomic E-state index is 0.682. The minimum absolute atomic E-state index is 0.682. The van der Waals surface area contributed by atoms with E-state index in [1.54, 1.807) is 0 Å². The van der Waals surface area contributed by atoms with Crippen LogP contribution in [-0.2, 0) is 6.54 Å². The normalized spacial score (nSPS) is 18.6. The minimum Gasteiger partial charge on any atom is -0.334 e. The van der Waals surface area contributed by atoms with Crippen molar-refractivity contribution >= 4 is 23.5 Å². The summed E-state index contributed by atoms with van der Waals surface area (Å²) in [6.45, 7) is 4.12. The molecule has 2 rings (SSSR count). The second-order valence-electron chi connectivity index (χ2n) is 3.97. The number of hydrogen-bond acceptors (Lipinski definition) is 4. The Bertz CT molecular complexity index is 306. The van der Waals surface area contributed by atoms with Crippen LogP contribution in [0.5, 0.6) is 0 Å². The van der Waals surface area contributed by atoms with Crippen LogP contribution in [0, 0.1) is 6.92 Å². The van der Waals surface area contributed by atoms with Crippen molar-refractivity contribution in [1.29, 1.82) is 0 Å². The fourth-order valence-electron chi connectivity index (χ4n) is 1.76. The summed E-state index contributed by atoms with van der Waals surface area (Å²) < 4.78 is 2.20. The maximum absolute atomic E-state index is 4.22. The lowest BCUT2D eigenvalue weighted by Crippen LogP contribution is -2.35. The molecule has 1 fully saturated rings. The summed E-state index contributed by atoms with van der Waals surface area (Å²) in [7, 11) is 0. The van der Waals surface area contributed by atoms with Crippen molar-refractivity contribution in [3.63, 3.8) is 0 Å². The van der Waals surface area contributed by atoms with E-state index in [0.717, 1.165) is 18.9 Å². The van der Waals surface area contributed by atoms with Gasteiger partial charge in [0.05, 0.1) is 0 Å². The van der Waals surface area contributed by atoms with Crippen LogP contribution in [0.2, 0.25) is 0 Å². The van der Waals surface area contributed by atoms with Gasteiger partial charge in [-0.05, 0) is 6.92 Å². The van der Waals surface area contributed by atoms with Gasteiger partial charge in [-0.25, -0.2) is 4.98 Å². The molecule has 0 aliphatic carbocycles. The molecular formula is C11H19N3S2. The highest BCUT2D eigenvalue weighted by Crippen LogP contribution is 2.16. The molecule has 1 aliphatic heterocycles. The maximum atomic E-state index is 4.22. The number of imidazole rings is 1. The lowest BCUT2D eigenvalue weighted by Gasteiger charge is -2.15. The van der Waals surface area contributed by atoms with Crippen LogP contribution in [0.4, 0.5) is 0 Å². The van der Waals surface area contributed by atoms with E-state index in [1.807, 2.05) is 12.4 Å². The van der Waals surface area contributed by atoms with Crippen molar-refractivity contribution < 1.29 is 0 Å². The Kier molecular flexibility index (Phi) is 5.06. The van der Waals surface area contributed by atoms with Crippen molar-refractivity contribution in [2.45, 2.75) is 19.5 Å². The second-order valence-corrected chi connectivity index (χ2v) is 6.27. The molecule has 90 valence electrons. The molecule has 1 aliphatic rings. The summed E-state index contributed by atoms with van der Waals surface area (Å²) in [6, 6.07) is 0.682. The first kappa shape index (κ1) is 12.3. The Hall–Kier alpha value is -0.130. The van der Waals surface area contributed by atoms with E-state index in [1.165, 1.54) is 23.0 Å². The van der Waals surface area contributed by atoms with Gasteiger partial charge in [-0.3, -0.25) is 0 Å². The van der Waals surface area contributed by atoms with E-state index >= 15 is 0 Å². The van der Waals surface area contributed by atoms with Crippen LogP contribution in [-0.4, -0.2) is 45.1 Å². The van der Waals surface area contributed by atoms with Gasteiger partial charge in [0, 0.05) is 54.5 Å².